The molecule has 0 fully saturated rings. The molecule has 1 heterocycles. The summed E-state index contributed by atoms with van der Waals surface area (Å²) >= 11 is 0. The van der Waals surface area contributed by atoms with Gasteiger partial charge in [-0.3, -0.25) is 19.2 Å². The summed E-state index contributed by atoms with van der Waals surface area (Å²) in [6, 6.07) is 11.5. The number of para-hydroxylation sites is 1. The highest BCUT2D eigenvalue weighted by molar-refractivity contribution is 6.01. The third-order valence-corrected chi connectivity index (χ3v) is 7.26. The topological polar surface area (TPSA) is 135 Å². The van der Waals surface area contributed by atoms with Crippen molar-refractivity contribution >= 4 is 23.6 Å². The van der Waals surface area contributed by atoms with Crippen molar-refractivity contribution in [3.05, 3.63) is 54.1 Å². The second-order valence-electron chi connectivity index (χ2n) is 11.8. The first-order valence-electron chi connectivity index (χ1n) is 15.1. The Hall–Kier alpha value is -4.28. The quantitative estimate of drug-likeness (QED) is 0.352. The van der Waals surface area contributed by atoms with E-state index in [1.54, 1.807) is 67.6 Å². The van der Waals surface area contributed by atoms with E-state index in [0.717, 1.165) is 0 Å². The van der Waals surface area contributed by atoms with Crippen molar-refractivity contribution in [2.45, 2.75) is 65.1 Å². The average molecular weight is 611 g/mol. The van der Waals surface area contributed by atoms with Crippen molar-refractivity contribution in [1.29, 1.82) is 0 Å². The molecule has 2 aromatic rings. The van der Waals surface area contributed by atoms with Gasteiger partial charge in [0.05, 0.1) is 31.7 Å². The predicted octanol–water partition coefficient (Wildman–Crippen LogP) is 3.18. The standard InChI is InChI=1S/C33H46N4O7/c1-21(2)16-23-20-44-29-13-8-7-12-26(29)31(39)36-27(19-30(38)35-28(17-22(3)4)33(41)37(23)5)32(40)34-14-15-43-25-11-9-10-24(18-25)42-6/h7-13,18,21-23,27-28H,14-17,19-20H2,1-6H3,(H,34,40)(H,35,38)(H,36,39)/t23-,27+,28+/m1/s1. The monoisotopic (exact) mass is 610 g/mol. The maximum atomic E-state index is 13.7. The number of ether oxygens (including phenoxy) is 3. The summed E-state index contributed by atoms with van der Waals surface area (Å²) in [4.78, 5) is 55.4. The molecule has 1 aliphatic rings. The molecule has 4 amide bonds. The van der Waals surface area contributed by atoms with Crippen LogP contribution >= 0.6 is 0 Å². The summed E-state index contributed by atoms with van der Waals surface area (Å²) in [6.45, 7) is 8.51. The van der Waals surface area contributed by atoms with Crippen molar-refractivity contribution < 1.29 is 33.4 Å². The molecule has 0 radical (unpaired) electrons. The number of carbonyl (C=O) groups excluding carboxylic acids is 4. The minimum Gasteiger partial charge on any atom is -0.497 e. The Morgan fingerprint density at radius 3 is 2.41 bits per heavy atom. The van der Waals surface area contributed by atoms with Crippen molar-refractivity contribution in [2.75, 3.05) is 33.9 Å². The molecule has 0 spiro atoms. The Labute approximate surface area is 260 Å². The van der Waals surface area contributed by atoms with Crippen molar-refractivity contribution in [1.82, 2.24) is 20.9 Å². The highest BCUT2D eigenvalue weighted by Crippen LogP contribution is 2.22. The van der Waals surface area contributed by atoms with Crippen LogP contribution in [0, 0.1) is 11.8 Å². The van der Waals surface area contributed by atoms with Crippen LogP contribution in [0.15, 0.2) is 48.5 Å². The lowest BCUT2D eigenvalue weighted by Gasteiger charge is -2.33. The van der Waals surface area contributed by atoms with Gasteiger partial charge in [0.2, 0.25) is 17.7 Å². The molecular weight excluding hydrogens is 564 g/mol. The lowest BCUT2D eigenvalue weighted by molar-refractivity contribution is -0.138. The van der Waals surface area contributed by atoms with Crippen LogP contribution in [0.2, 0.25) is 0 Å². The normalized spacial score (nSPS) is 19.8. The van der Waals surface area contributed by atoms with E-state index in [9.17, 15) is 19.2 Å². The molecule has 2 aromatic carbocycles. The molecule has 0 bridgehead atoms. The second-order valence-corrected chi connectivity index (χ2v) is 11.8. The van der Waals surface area contributed by atoms with Crippen LogP contribution in [0.3, 0.4) is 0 Å². The van der Waals surface area contributed by atoms with Crippen LogP contribution in [0.5, 0.6) is 17.2 Å². The number of amides is 4. The van der Waals surface area contributed by atoms with E-state index in [4.69, 9.17) is 14.2 Å². The van der Waals surface area contributed by atoms with E-state index in [1.165, 1.54) is 0 Å². The van der Waals surface area contributed by atoms with Gasteiger partial charge in [-0.05, 0) is 48.9 Å². The molecule has 0 saturated heterocycles. The lowest BCUT2D eigenvalue weighted by Crippen LogP contribution is -2.55. The van der Waals surface area contributed by atoms with E-state index in [2.05, 4.69) is 29.8 Å². The number of carbonyl (C=O) groups is 4. The number of nitrogens with zero attached hydrogens (tertiary/aromatic N) is 1. The Balaban J connectivity index is 1.83. The van der Waals surface area contributed by atoms with Gasteiger partial charge in [0.1, 0.15) is 42.5 Å². The summed E-state index contributed by atoms with van der Waals surface area (Å²) in [6.07, 6.45) is 0.721. The zero-order valence-electron chi connectivity index (χ0n) is 26.6. The van der Waals surface area contributed by atoms with Gasteiger partial charge in [-0.2, -0.15) is 0 Å². The summed E-state index contributed by atoms with van der Waals surface area (Å²) in [5.41, 5.74) is 0.221. The van der Waals surface area contributed by atoms with Gasteiger partial charge in [0, 0.05) is 13.1 Å². The van der Waals surface area contributed by atoms with E-state index in [-0.39, 0.29) is 55.5 Å². The minimum atomic E-state index is -1.21. The maximum Gasteiger partial charge on any atom is 0.255 e. The Morgan fingerprint density at radius 1 is 1.00 bits per heavy atom. The molecule has 44 heavy (non-hydrogen) atoms. The number of rotatable bonds is 10. The molecule has 11 heteroatoms. The molecule has 3 N–H and O–H groups in total. The molecule has 3 rings (SSSR count). The molecule has 0 unspecified atom stereocenters. The third-order valence-electron chi connectivity index (χ3n) is 7.26. The fourth-order valence-corrected chi connectivity index (χ4v) is 5.01. The first kappa shape index (κ1) is 34.2. The largest absolute Gasteiger partial charge is 0.497 e. The number of likely N-dealkylation sites (N-methyl/N-ethyl adjacent to an activating group) is 1. The van der Waals surface area contributed by atoms with Crippen molar-refractivity contribution in [3.63, 3.8) is 0 Å². The first-order valence-corrected chi connectivity index (χ1v) is 15.1. The zero-order chi connectivity index (χ0) is 32.2. The maximum absolute atomic E-state index is 13.7. The number of nitrogens with one attached hydrogen (secondary N) is 3. The lowest BCUT2D eigenvalue weighted by atomic mass is 9.99. The van der Waals surface area contributed by atoms with E-state index in [1.807, 2.05) is 13.8 Å². The predicted molar refractivity (Wildman–Crippen MR) is 167 cm³/mol. The highest BCUT2D eigenvalue weighted by Gasteiger charge is 2.32. The Kier molecular flexibility index (Phi) is 12.9. The van der Waals surface area contributed by atoms with Crippen molar-refractivity contribution in [2.24, 2.45) is 11.8 Å². The van der Waals surface area contributed by atoms with E-state index in [0.29, 0.717) is 30.1 Å². The Morgan fingerprint density at radius 2 is 1.70 bits per heavy atom. The van der Waals surface area contributed by atoms with Gasteiger partial charge in [-0.25, -0.2) is 0 Å². The summed E-state index contributed by atoms with van der Waals surface area (Å²) in [5, 5.41) is 8.28. The van der Waals surface area contributed by atoms with Gasteiger partial charge in [-0.15, -0.1) is 0 Å². The smallest absolute Gasteiger partial charge is 0.255 e. The molecule has 1 aliphatic heterocycles. The molecule has 240 valence electrons. The van der Waals surface area contributed by atoms with Crippen LogP contribution < -0.4 is 30.2 Å². The number of benzene rings is 2. The van der Waals surface area contributed by atoms with Crippen molar-refractivity contribution in [3.8, 4) is 17.2 Å². The van der Waals surface area contributed by atoms with Gasteiger partial charge >= 0.3 is 0 Å². The average Bonchev–Trinajstić information content (AvgIpc) is 2.99. The molecule has 0 saturated carbocycles. The third kappa shape index (κ3) is 10.2. The number of hydrogen-bond acceptors (Lipinski definition) is 7. The van der Waals surface area contributed by atoms with E-state index >= 15 is 0 Å². The van der Waals surface area contributed by atoms with Gasteiger partial charge in [-0.1, -0.05) is 45.9 Å². The molecular formula is C33H46N4O7. The zero-order valence-corrected chi connectivity index (χ0v) is 26.6. The van der Waals surface area contributed by atoms with E-state index < -0.39 is 29.8 Å². The summed E-state index contributed by atoms with van der Waals surface area (Å²) in [5.74, 6) is 0.0594. The first-order chi connectivity index (χ1) is 21.0. The minimum absolute atomic E-state index is 0.117. The SMILES string of the molecule is COc1cccc(OCCNC(=O)[C@@H]2CC(=O)N[C@@H](CC(C)C)C(=O)N(C)[C@H](CC(C)C)COc3ccccc3C(=O)N2)c1. The molecule has 0 aromatic heterocycles. The molecule has 3 atom stereocenters. The van der Waals surface area contributed by atoms with Crippen LogP contribution in [0.1, 0.15) is 57.3 Å². The van der Waals surface area contributed by atoms with Crippen LogP contribution in [0.4, 0.5) is 0 Å². The molecule has 11 nitrogen and oxygen atoms in total. The fourth-order valence-electron chi connectivity index (χ4n) is 5.01. The number of fused-ring (bicyclic) bond motifs is 1. The van der Waals surface area contributed by atoms with Crippen LogP contribution in [0.25, 0.3) is 0 Å². The Bertz CT molecular complexity index is 1280. The van der Waals surface area contributed by atoms with Gasteiger partial charge < -0.3 is 35.1 Å². The number of hydrogen-bond donors (Lipinski definition) is 3. The summed E-state index contributed by atoms with van der Waals surface area (Å²) < 4.78 is 17.0. The van der Waals surface area contributed by atoms with Crippen LogP contribution in [-0.2, 0) is 14.4 Å². The second kappa shape index (κ2) is 16.5. The molecule has 0 aliphatic carbocycles. The van der Waals surface area contributed by atoms with Gasteiger partial charge in [0.15, 0.2) is 0 Å². The highest BCUT2D eigenvalue weighted by atomic mass is 16.5. The van der Waals surface area contributed by atoms with Crippen LogP contribution in [-0.4, -0.2) is 80.6 Å². The number of methoxy groups -OCH3 is 1. The fraction of sp³-hybridized carbons (Fsp3) is 0.515. The summed E-state index contributed by atoms with van der Waals surface area (Å²) in [7, 11) is 3.27. The van der Waals surface area contributed by atoms with Gasteiger partial charge in [0.25, 0.3) is 5.91 Å².